The molecule has 154 valence electrons. The first-order chi connectivity index (χ1) is 14.7. The van der Waals surface area contributed by atoms with Crippen LogP contribution in [0.15, 0.2) is 84.9 Å². The third-order valence-electron chi connectivity index (χ3n) is 4.77. The minimum absolute atomic E-state index is 0.218. The molecule has 0 aliphatic heterocycles. The van der Waals surface area contributed by atoms with Gasteiger partial charge >= 0.3 is 0 Å². The second-order valence-electron chi connectivity index (χ2n) is 6.60. The van der Waals surface area contributed by atoms with Crippen molar-refractivity contribution in [2.75, 3.05) is 0 Å². The lowest BCUT2D eigenvalue weighted by molar-refractivity contribution is -0.134. The van der Waals surface area contributed by atoms with Gasteiger partial charge in [0.15, 0.2) is 0 Å². The van der Waals surface area contributed by atoms with Crippen molar-refractivity contribution < 1.29 is 19.1 Å². The first kappa shape index (κ1) is 22.2. The maximum atomic E-state index is 11.0. The van der Waals surface area contributed by atoms with Gasteiger partial charge in [0.05, 0.1) is 9.65 Å². The Labute approximate surface area is 192 Å². The highest BCUT2D eigenvalue weighted by Crippen LogP contribution is 2.41. The van der Waals surface area contributed by atoms with E-state index < -0.39 is 12.2 Å². The molecule has 6 heteroatoms. The predicted molar refractivity (Wildman–Crippen MR) is 122 cm³/mol. The van der Waals surface area contributed by atoms with Gasteiger partial charge in [-0.2, -0.15) is 0 Å². The van der Waals surface area contributed by atoms with Crippen LogP contribution in [0.1, 0.15) is 44.1 Å². The van der Waals surface area contributed by atoms with Gasteiger partial charge in [-0.3, -0.25) is 9.59 Å². The Hall–Kier alpha value is -2.44. The van der Waals surface area contributed by atoms with E-state index in [4.69, 9.17) is 9.47 Å². The van der Waals surface area contributed by atoms with Crippen LogP contribution in [0, 0.1) is 0 Å². The predicted octanol–water partition coefficient (Wildman–Crippen LogP) is 6.39. The topological polar surface area (TPSA) is 52.6 Å². The molecule has 0 saturated carbocycles. The minimum atomic E-state index is -0.454. The molecule has 0 amide bonds. The number of alkyl halides is 2. The fourth-order valence-corrected chi connectivity index (χ4v) is 4.72. The Morgan fingerprint density at radius 1 is 0.533 bits per heavy atom. The standard InChI is InChI=1S/C24H20Br2O4/c25-21(23(29-15-27)19-7-3-1-4-8-19)17-11-13-18(14-12-17)22(26)24(30-16-28)20-9-5-2-6-10-20/h1-16,21-24H. The summed E-state index contributed by atoms with van der Waals surface area (Å²) in [6.45, 7) is 0.937. The zero-order valence-corrected chi connectivity index (χ0v) is 19.1. The molecule has 30 heavy (non-hydrogen) atoms. The van der Waals surface area contributed by atoms with Crippen molar-refractivity contribution in [3.8, 4) is 0 Å². The third-order valence-corrected chi connectivity index (χ3v) is 6.78. The van der Waals surface area contributed by atoms with Crippen LogP contribution in [0.4, 0.5) is 0 Å². The van der Waals surface area contributed by atoms with Crippen molar-refractivity contribution >= 4 is 44.8 Å². The lowest BCUT2D eigenvalue weighted by atomic mass is 9.97. The highest BCUT2D eigenvalue weighted by molar-refractivity contribution is 9.09. The van der Waals surface area contributed by atoms with Gasteiger partial charge in [-0.15, -0.1) is 0 Å². The molecular weight excluding hydrogens is 512 g/mol. The first-order valence-corrected chi connectivity index (χ1v) is 11.1. The molecule has 4 unspecified atom stereocenters. The van der Waals surface area contributed by atoms with E-state index in [-0.39, 0.29) is 9.65 Å². The van der Waals surface area contributed by atoms with E-state index in [0.717, 1.165) is 22.3 Å². The van der Waals surface area contributed by atoms with Crippen molar-refractivity contribution in [3.63, 3.8) is 0 Å². The summed E-state index contributed by atoms with van der Waals surface area (Å²) >= 11 is 7.35. The van der Waals surface area contributed by atoms with Crippen LogP contribution < -0.4 is 0 Å². The molecule has 0 aliphatic carbocycles. The van der Waals surface area contributed by atoms with Crippen LogP contribution in [-0.4, -0.2) is 12.9 Å². The van der Waals surface area contributed by atoms with E-state index in [1.807, 2.05) is 84.9 Å². The zero-order valence-electron chi connectivity index (χ0n) is 15.9. The quantitative estimate of drug-likeness (QED) is 0.225. The number of ether oxygens (including phenoxy) is 2. The molecule has 0 bridgehead atoms. The monoisotopic (exact) mass is 530 g/mol. The van der Waals surface area contributed by atoms with Gasteiger partial charge in [0.2, 0.25) is 0 Å². The lowest BCUT2D eigenvalue weighted by Gasteiger charge is -2.24. The summed E-state index contributed by atoms with van der Waals surface area (Å²) < 4.78 is 10.7. The van der Waals surface area contributed by atoms with Crippen LogP contribution in [0.5, 0.6) is 0 Å². The number of benzene rings is 3. The van der Waals surface area contributed by atoms with Crippen LogP contribution >= 0.6 is 31.9 Å². The molecule has 4 nitrogen and oxygen atoms in total. The summed E-state index contributed by atoms with van der Waals surface area (Å²) in [6.07, 6.45) is -0.908. The molecule has 0 saturated heterocycles. The zero-order chi connectivity index (χ0) is 21.3. The molecule has 3 rings (SSSR count). The van der Waals surface area contributed by atoms with E-state index in [0.29, 0.717) is 12.9 Å². The molecule has 3 aromatic carbocycles. The fraction of sp³-hybridized carbons (Fsp3) is 0.167. The molecule has 0 aliphatic rings. The van der Waals surface area contributed by atoms with Gasteiger partial charge in [0.25, 0.3) is 12.9 Å². The molecule has 0 heterocycles. The number of carbonyl (C=O) groups is 2. The molecule has 0 aromatic heterocycles. The van der Waals surface area contributed by atoms with Gasteiger partial charge < -0.3 is 9.47 Å². The largest absolute Gasteiger partial charge is 0.458 e. The number of carbonyl (C=O) groups excluding carboxylic acids is 2. The van der Waals surface area contributed by atoms with Gasteiger partial charge in [0, 0.05) is 0 Å². The van der Waals surface area contributed by atoms with E-state index >= 15 is 0 Å². The normalized spacial score (nSPS) is 14.7. The van der Waals surface area contributed by atoms with Crippen molar-refractivity contribution in [1.29, 1.82) is 0 Å². The molecule has 0 fully saturated rings. The van der Waals surface area contributed by atoms with E-state index in [2.05, 4.69) is 31.9 Å². The number of hydrogen-bond donors (Lipinski definition) is 0. The third kappa shape index (κ3) is 5.37. The Bertz CT molecular complexity index is 854. The Kier molecular flexibility index (Phi) is 8.22. The highest BCUT2D eigenvalue weighted by atomic mass is 79.9. The Balaban J connectivity index is 1.82. The molecule has 0 N–H and O–H groups in total. The lowest BCUT2D eigenvalue weighted by Crippen LogP contribution is -2.11. The van der Waals surface area contributed by atoms with Crippen LogP contribution in [0.2, 0.25) is 0 Å². The Morgan fingerprint density at radius 2 is 0.867 bits per heavy atom. The SMILES string of the molecule is O=COC(c1ccccc1)C(Br)c1ccc(C(Br)C(OC=O)c2ccccc2)cc1. The van der Waals surface area contributed by atoms with Gasteiger partial charge in [-0.25, -0.2) is 0 Å². The first-order valence-electron chi connectivity index (χ1n) is 9.31. The second kappa shape index (κ2) is 11.1. The van der Waals surface area contributed by atoms with Gasteiger partial charge in [-0.1, -0.05) is 117 Å². The average molecular weight is 532 g/mol. The van der Waals surface area contributed by atoms with E-state index in [9.17, 15) is 9.59 Å². The van der Waals surface area contributed by atoms with Gasteiger partial charge in [-0.05, 0) is 22.3 Å². The number of halogens is 2. The van der Waals surface area contributed by atoms with Crippen molar-refractivity contribution in [1.82, 2.24) is 0 Å². The minimum Gasteiger partial charge on any atom is -0.458 e. The average Bonchev–Trinajstić information content (AvgIpc) is 2.81. The summed E-state index contributed by atoms with van der Waals surface area (Å²) in [7, 11) is 0. The molecule has 3 aromatic rings. The summed E-state index contributed by atoms with van der Waals surface area (Å²) in [5.41, 5.74) is 3.72. The molecule has 4 atom stereocenters. The van der Waals surface area contributed by atoms with Crippen molar-refractivity contribution in [3.05, 3.63) is 107 Å². The summed E-state index contributed by atoms with van der Waals surface area (Å²) in [6, 6.07) is 27.0. The van der Waals surface area contributed by atoms with E-state index in [1.165, 1.54) is 0 Å². The maximum absolute atomic E-state index is 11.0. The number of rotatable bonds is 10. The molecule has 0 spiro atoms. The highest BCUT2D eigenvalue weighted by Gasteiger charge is 2.26. The second-order valence-corrected chi connectivity index (χ2v) is 8.57. The van der Waals surface area contributed by atoms with Crippen molar-refractivity contribution in [2.24, 2.45) is 0 Å². The summed E-state index contributed by atoms with van der Waals surface area (Å²) in [5.74, 6) is 0. The van der Waals surface area contributed by atoms with Crippen LogP contribution in [0.3, 0.4) is 0 Å². The molecular formula is C24H20Br2O4. The van der Waals surface area contributed by atoms with E-state index in [1.54, 1.807) is 0 Å². The summed E-state index contributed by atoms with van der Waals surface area (Å²) in [5, 5.41) is 0. The smallest absolute Gasteiger partial charge is 0.293 e. The maximum Gasteiger partial charge on any atom is 0.293 e. The van der Waals surface area contributed by atoms with Crippen LogP contribution in [0.25, 0.3) is 0 Å². The van der Waals surface area contributed by atoms with Crippen molar-refractivity contribution in [2.45, 2.75) is 21.9 Å². The Morgan fingerprint density at radius 3 is 1.17 bits per heavy atom. The summed E-state index contributed by atoms with van der Waals surface area (Å²) in [4.78, 5) is 21.7. The fourth-order valence-electron chi connectivity index (χ4n) is 3.25. The molecule has 0 radical (unpaired) electrons. The van der Waals surface area contributed by atoms with Gasteiger partial charge in [0.1, 0.15) is 12.2 Å². The number of hydrogen-bond acceptors (Lipinski definition) is 4. The van der Waals surface area contributed by atoms with Crippen LogP contribution in [-0.2, 0) is 19.1 Å².